The molecule has 1 aliphatic heterocycles. The Morgan fingerprint density at radius 1 is 0.914 bits per heavy atom. The van der Waals surface area contributed by atoms with Crippen molar-refractivity contribution < 1.29 is 0 Å². The highest BCUT2D eigenvalue weighted by Crippen LogP contribution is 2.27. The highest BCUT2D eigenvalue weighted by molar-refractivity contribution is 5.42. The molecule has 2 N–H and O–H groups in total. The van der Waals surface area contributed by atoms with Crippen molar-refractivity contribution in [2.75, 3.05) is 6.54 Å². The normalized spacial score (nSPS) is 15.2. The van der Waals surface area contributed by atoms with Crippen LogP contribution in [0.4, 0.5) is 0 Å². The molecule has 0 unspecified atom stereocenters. The maximum Gasteiger partial charge on any atom is 0.0376 e. The van der Waals surface area contributed by atoms with Crippen LogP contribution in [0.3, 0.4) is 0 Å². The Hall–Kier alpha value is -2.94. The van der Waals surface area contributed by atoms with Gasteiger partial charge in [0.05, 0.1) is 0 Å². The van der Waals surface area contributed by atoms with Crippen molar-refractivity contribution in [3.8, 4) is 0 Å². The van der Waals surface area contributed by atoms with Crippen molar-refractivity contribution >= 4 is 6.08 Å². The van der Waals surface area contributed by atoms with Crippen LogP contribution in [0.1, 0.15) is 88.0 Å². The molecule has 0 atom stereocenters. The predicted molar refractivity (Wildman–Crippen MR) is 152 cm³/mol. The van der Waals surface area contributed by atoms with Crippen LogP contribution in [-0.2, 0) is 19.3 Å². The van der Waals surface area contributed by atoms with Gasteiger partial charge in [-0.3, -0.25) is 0 Å². The van der Waals surface area contributed by atoms with Gasteiger partial charge < -0.3 is 14.9 Å². The molecule has 0 bridgehead atoms. The lowest BCUT2D eigenvalue weighted by molar-refractivity contribution is 0.427. The van der Waals surface area contributed by atoms with Gasteiger partial charge in [0.2, 0.25) is 0 Å². The Balaban J connectivity index is 1.54. The Morgan fingerprint density at radius 3 is 2.49 bits per heavy atom. The van der Waals surface area contributed by atoms with E-state index in [9.17, 15) is 0 Å². The van der Waals surface area contributed by atoms with E-state index in [1.807, 2.05) is 6.08 Å². The van der Waals surface area contributed by atoms with Gasteiger partial charge in [0.25, 0.3) is 0 Å². The van der Waals surface area contributed by atoms with Gasteiger partial charge in [0.1, 0.15) is 0 Å². The first kappa shape index (κ1) is 26.7. The van der Waals surface area contributed by atoms with Gasteiger partial charge in [-0.15, -0.1) is 0 Å². The summed E-state index contributed by atoms with van der Waals surface area (Å²) in [7, 11) is 0. The number of nitrogens with one attached hydrogen (secondary N) is 2. The van der Waals surface area contributed by atoms with Gasteiger partial charge in [-0.1, -0.05) is 76.8 Å². The van der Waals surface area contributed by atoms with Gasteiger partial charge in [0.15, 0.2) is 0 Å². The standard InChI is InChI=1S/C32H45N3/c1-4-7-8-9-10-15-26-35-31(18-13-11-16-29-22-20-27(5-2)33-29)24-25-32(35)19-14-12-17-30-23-21-28(6-3)34-30/h5,12-14,18-24,33-34H,2,4,6-11,15-17,25-26H2,1,3H3/b14-12-,18-13?,32-19+. The Kier molecular flexibility index (Phi) is 11.5. The second-order valence-corrected chi connectivity index (χ2v) is 9.49. The highest BCUT2D eigenvalue weighted by Gasteiger charge is 2.17. The number of aromatic nitrogens is 2. The fourth-order valence-electron chi connectivity index (χ4n) is 4.59. The highest BCUT2D eigenvalue weighted by atomic mass is 15.2. The van der Waals surface area contributed by atoms with Crippen LogP contribution in [0, 0.1) is 0 Å². The second-order valence-electron chi connectivity index (χ2n) is 9.49. The van der Waals surface area contributed by atoms with Crippen LogP contribution in [0.2, 0.25) is 0 Å². The molecule has 188 valence electrons. The minimum Gasteiger partial charge on any atom is -0.362 e. The van der Waals surface area contributed by atoms with Crippen LogP contribution >= 0.6 is 0 Å². The minimum atomic E-state index is 0.952. The van der Waals surface area contributed by atoms with Gasteiger partial charge in [-0.25, -0.2) is 0 Å². The molecule has 0 spiro atoms. The largest absolute Gasteiger partial charge is 0.362 e. The summed E-state index contributed by atoms with van der Waals surface area (Å²) in [6.07, 6.45) is 28.8. The molecule has 0 aliphatic carbocycles. The van der Waals surface area contributed by atoms with E-state index in [2.05, 4.69) is 96.0 Å². The van der Waals surface area contributed by atoms with Gasteiger partial charge in [-0.05, 0) is 68.2 Å². The smallest absolute Gasteiger partial charge is 0.0376 e. The molecule has 35 heavy (non-hydrogen) atoms. The maximum absolute atomic E-state index is 3.83. The zero-order valence-electron chi connectivity index (χ0n) is 22.0. The number of allylic oxidation sites excluding steroid dienone is 6. The molecule has 0 saturated carbocycles. The molecule has 0 radical (unpaired) electrons. The van der Waals surface area contributed by atoms with E-state index in [1.165, 1.54) is 67.0 Å². The Bertz CT molecular complexity index is 1010. The van der Waals surface area contributed by atoms with E-state index in [0.717, 1.165) is 44.3 Å². The molecule has 3 heterocycles. The number of rotatable bonds is 16. The van der Waals surface area contributed by atoms with Crippen molar-refractivity contribution in [1.29, 1.82) is 0 Å². The molecular weight excluding hydrogens is 426 g/mol. The second kappa shape index (κ2) is 15.1. The number of nitrogens with zero attached hydrogens (tertiary/aromatic N) is 1. The molecule has 0 saturated heterocycles. The Labute approximate surface area is 213 Å². The SMILES string of the molecule is C=Cc1ccc(CCC=CC2=CC/C(=C\C=C/Cc3ccc(CC)[nH]3)N2CCCCCCCC)[nH]1. The molecule has 0 amide bonds. The van der Waals surface area contributed by atoms with Crippen molar-refractivity contribution in [3.05, 3.63) is 101 Å². The topological polar surface area (TPSA) is 34.8 Å². The third-order valence-corrected chi connectivity index (χ3v) is 6.72. The van der Waals surface area contributed by atoms with Gasteiger partial charge in [-0.2, -0.15) is 0 Å². The molecule has 1 aliphatic rings. The van der Waals surface area contributed by atoms with Crippen molar-refractivity contribution in [3.63, 3.8) is 0 Å². The lowest BCUT2D eigenvalue weighted by Gasteiger charge is -2.23. The molecule has 0 aromatic carbocycles. The molecular formula is C32H45N3. The van der Waals surface area contributed by atoms with E-state index < -0.39 is 0 Å². The lowest BCUT2D eigenvalue weighted by Crippen LogP contribution is -2.18. The van der Waals surface area contributed by atoms with E-state index in [4.69, 9.17) is 0 Å². The molecule has 2 aromatic heterocycles. The first-order valence-electron chi connectivity index (χ1n) is 13.7. The first-order valence-corrected chi connectivity index (χ1v) is 13.7. The summed E-state index contributed by atoms with van der Waals surface area (Å²) < 4.78 is 0. The summed E-state index contributed by atoms with van der Waals surface area (Å²) in [6.45, 7) is 9.41. The van der Waals surface area contributed by atoms with Gasteiger partial charge >= 0.3 is 0 Å². The predicted octanol–water partition coefficient (Wildman–Crippen LogP) is 8.67. The first-order chi connectivity index (χ1) is 17.2. The molecule has 2 aromatic rings. The average molecular weight is 472 g/mol. The maximum atomic E-state index is 3.83. The number of unbranched alkanes of at least 4 members (excludes halogenated alkanes) is 5. The van der Waals surface area contributed by atoms with Crippen molar-refractivity contribution in [2.45, 2.75) is 84.5 Å². The summed E-state index contributed by atoms with van der Waals surface area (Å²) >= 11 is 0. The lowest BCUT2D eigenvalue weighted by atomic mass is 10.1. The third kappa shape index (κ3) is 8.98. The van der Waals surface area contributed by atoms with E-state index >= 15 is 0 Å². The molecule has 0 fully saturated rings. The monoisotopic (exact) mass is 471 g/mol. The molecule has 3 rings (SSSR count). The van der Waals surface area contributed by atoms with E-state index in [1.54, 1.807) is 0 Å². The number of aromatic amines is 2. The summed E-state index contributed by atoms with van der Waals surface area (Å²) in [4.78, 5) is 9.43. The van der Waals surface area contributed by atoms with Crippen molar-refractivity contribution in [2.24, 2.45) is 0 Å². The summed E-state index contributed by atoms with van der Waals surface area (Å²) in [5.74, 6) is 0. The zero-order valence-corrected chi connectivity index (χ0v) is 22.0. The summed E-state index contributed by atoms with van der Waals surface area (Å²) in [6, 6.07) is 8.65. The molecule has 3 nitrogen and oxygen atoms in total. The summed E-state index contributed by atoms with van der Waals surface area (Å²) in [5, 5.41) is 0. The zero-order chi connectivity index (χ0) is 24.7. The van der Waals surface area contributed by atoms with Crippen LogP contribution < -0.4 is 0 Å². The number of H-pyrrole nitrogens is 2. The van der Waals surface area contributed by atoms with E-state index in [0.29, 0.717) is 0 Å². The third-order valence-electron chi connectivity index (χ3n) is 6.72. The average Bonchev–Trinajstić information content (AvgIpc) is 3.62. The minimum absolute atomic E-state index is 0.952. The van der Waals surface area contributed by atoms with Gasteiger partial charge in [0, 0.05) is 53.6 Å². The number of hydrogen-bond acceptors (Lipinski definition) is 1. The number of aryl methyl sites for hydroxylation is 2. The Morgan fingerprint density at radius 2 is 1.71 bits per heavy atom. The fourth-order valence-corrected chi connectivity index (χ4v) is 4.59. The summed E-state index contributed by atoms with van der Waals surface area (Å²) in [5.41, 5.74) is 7.73. The van der Waals surface area contributed by atoms with Crippen molar-refractivity contribution in [1.82, 2.24) is 14.9 Å². The quantitative estimate of drug-likeness (QED) is 0.236. The van der Waals surface area contributed by atoms with E-state index in [-0.39, 0.29) is 0 Å². The fraction of sp³-hybridized carbons (Fsp3) is 0.438. The van der Waals surface area contributed by atoms with Crippen LogP contribution in [0.15, 0.2) is 78.7 Å². The number of hydrogen-bond donors (Lipinski definition) is 2. The molecule has 3 heteroatoms. The van der Waals surface area contributed by atoms with Crippen LogP contribution in [0.5, 0.6) is 0 Å². The van der Waals surface area contributed by atoms with Crippen LogP contribution in [-0.4, -0.2) is 21.4 Å². The van der Waals surface area contributed by atoms with Crippen LogP contribution in [0.25, 0.3) is 6.08 Å².